The Labute approximate surface area is 108 Å². The molecular formula is C13H22N4O. The molecule has 0 aliphatic carbocycles. The SMILES string of the molecule is CCCCCN(C)Cc1ccc(C(=O)NN)cn1. The van der Waals surface area contributed by atoms with Crippen molar-refractivity contribution in [2.24, 2.45) is 5.84 Å². The zero-order valence-electron chi connectivity index (χ0n) is 11.1. The molecule has 0 aromatic carbocycles. The maximum absolute atomic E-state index is 11.2. The van der Waals surface area contributed by atoms with Gasteiger partial charge in [0.25, 0.3) is 5.91 Å². The van der Waals surface area contributed by atoms with Crippen LogP contribution in [0, 0.1) is 0 Å². The van der Waals surface area contributed by atoms with Crippen molar-refractivity contribution in [2.45, 2.75) is 32.7 Å². The Morgan fingerprint density at radius 1 is 1.44 bits per heavy atom. The van der Waals surface area contributed by atoms with Crippen LogP contribution in [0.1, 0.15) is 42.2 Å². The van der Waals surface area contributed by atoms with Crippen LogP contribution in [0.4, 0.5) is 0 Å². The number of hydrazine groups is 1. The molecule has 0 aliphatic heterocycles. The van der Waals surface area contributed by atoms with E-state index in [2.05, 4.69) is 29.3 Å². The van der Waals surface area contributed by atoms with Crippen molar-refractivity contribution in [1.82, 2.24) is 15.3 Å². The van der Waals surface area contributed by atoms with E-state index < -0.39 is 0 Å². The van der Waals surface area contributed by atoms with Gasteiger partial charge in [-0.05, 0) is 32.1 Å². The minimum Gasteiger partial charge on any atom is -0.301 e. The molecule has 0 saturated carbocycles. The molecule has 18 heavy (non-hydrogen) atoms. The number of carbonyl (C=O) groups is 1. The maximum Gasteiger partial charge on any atom is 0.266 e. The number of carbonyl (C=O) groups excluding carboxylic acids is 1. The number of nitrogens with two attached hydrogens (primary N) is 1. The van der Waals surface area contributed by atoms with Gasteiger partial charge < -0.3 is 4.90 Å². The van der Waals surface area contributed by atoms with Gasteiger partial charge in [0.1, 0.15) is 0 Å². The Kier molecular flexibility index (Phi) is 6.32. The summed E-state index contributed by atoms with van der Waals surface area (Å²) in [5.74, 6) is 4.74. The Morgan fingerprint density at radius 2 is 2.22 bits per heavy atom. The van der Waals surface area contributed by atoms with Crippen LogP contribution in [0.2, 0.25) is 0 Å². The lowest BCUT2D eigenvalue weighted by atomic mass is 10.2. The number of amides is 1. The number of hydrogen-bond acceptors (Lipinski definition) is 4. The fourth-order valence-electron chi connectivity index (χ4n) is 1.72. The highest BCUT2D eigenvalue weighted by Crippen LogP contribution is 2.04. The largest absolute Gasteiger partial charge is 0.301 e. The molecule has 5 nitrogen and oxygen atoms in total. The molecule has 0 spiro atoms. The van der Waals surface area contributed by atoms with Gasteiger partial charge in [0, 0.05) is 12.7 Å². The van der Waals surface area contributed by atoms with Crippen LogP contribution in [-0.4, -0.2) is 29.4 Å². The summed E-state index contributed by atoms with van der Waals surface area (Å²) in [6.07, 6.45) is 5.25. The Morgan fingerprint density at radius 3 is 2.78 bits per heavy atom. The van der Waals surface area contributed by atoms with Gasteiger partial charge in [0.15, 0.2) is 0 Å². The highest BCUT2D eigenvalue weighted by molar-refractivity contribution is 5.93. The monoisotopic (exact) mass is 250 g/mol. The summed E-state index contributed by atoms with van der Waals surface area (Å²) in [5.41, 5.74) is 3.53. The van der Waals surface area contributed by atoms with Crippen LogP contribution in [0.25, 0.3) is 0 Å². The number of nitrogens with one attached hydrogen (secondary N) is 1. The third-order valence-electron chi connectivity index (χ3n) is 2.79. The quantitative estimate of drug-likeness (QED) is 0.331. The lowest BCUT2D eigenvalue weighted by molar-refractivity contribution is 0.0953. The van der Waals surface area contributed by atoms with Gasteiger partial charge in [-0.2, -0.15) is 0 Å². The smallest absolute Gasteiger partial charge is 0.266 e. The molecule has 0 bridgehead atoms. The summed E-state index contributed by atoms with van der Waals surface area (Å²) < 4.78 is 0. The van der Waals surface area contributed by atoms with Crippen molar-refractivity contribution < 1.29 is 4.79 Å². The standard InChI is InChI=1S/C13H22N4O/c1-3-4-5-8-17(2)10-12-7-6-11(9-15-12)13(18)16-14/h6-7,9H,3-5,8,10,14H2,1-2H3,(H,16,18). The zero-order valence-corrected chi connectivity index (χ0v) is 11.1. The van der Waals surface area contributed by atoms with Crippen LogP contribution in [0.5, 0.6) is 0 Å². The normalized spacial score (nSPS) is 10.7. The van der Waals surface area contributed by atoms with Gasteiger partial charge >= 0.3 is 0 Å². The van der Waals surface area contributed by atoms with E-state index in [0.29, 0.717) is 5.56 Å². The minimum atomic E-state index is -0.314. The molecule has 1 rings (SSSR count). The number of aromatic nitrogens is 1. The Bertz CT molecular complexity index is 364. The molecule has 0 atom stereocenters. The van der Waals surface area contributed by atoms with E-state index in [0.717, 1.165) is 18.8 Å². The minimum absolute atomic E-state index is 0.314. The number of nitrogen functional groups attached to an aromatic ring is 1. The van der Waals surface area contributed by atoms with E-state index in [9.17, 15) is 4.79 Å². The lowest BCUT2D eigenvalue weighted by Crippen LogP contribution is -2.30. The zero-order chi connectivity index (χ0) is 13.4. The second-order valence-corrected chi connectivity index (χ2v) is 4.46. The summed E-state index contributed by atoms with van der Waals surface area (Å²) >= 11 is 0. The summed E-state index contributed by atoms with van der Waals surface area (Å²) in [4.78, 5) is 17.7. The van der Waals surface area contributed by atoms with E-state index in [1.54, 1.807) is 12.3 Å². The molecule has 1 heterocycles. The van der Waals surface area contributed by atoms with Gasteiger partial charge in [0.2, 0.25) is 0 Å². The molecule has 0 aliphatic rings. The molecule has 0 radical (unpaired) electrons. The molecule has 5 heteroatoms. The summed E-state index contributed by atoms with van der Waals surface area (Å²) in [7, 11) is 2.08. The fourth-order valence-corrected chi connectivity index (χ4v) is 1.72. The Hall–Kier alpha value is -1.46. The van der Waals surface area contributed by atoms with Crippen molar-refractivity contribution in [1.29, 1.82) is 0 Å². The molecule has 0 unspecified atom stereocenters. The number of unbranched alkanes of at least 4 members (excludes halogenated alkanes) is 2. The summed E-state index contributed by atoms with van der Waals surface area (Å²) in [6, 6.07) is 3.60. The molecule has 0 fully saturated rings. The van der Waals surface area contributed by atoms with E-state index >= 15 is 0 Å². The average molecular weight is 250 g/mol. The second kappa shape index (κ2) is 7.79. The number of nitrogens with zero attached hydrogens (tertiary/aromatic N) is 2. The first-order valence-corrected chi connectivity index (χ1v) is 6.31. The lowest BCUT2D eigenvalue weighted by Gasteiger charge is -2.15. The topological polar surface area (TPSA) is 71.2 Å². The fraction of sp³-hybridized carbons (Fsp3) is 0.538. The highest BCUT2D eigenvalue weighted by Gasteiger charge is 2.05. The average Bonchev–Trinajstić information content (AvgIpc) is 2.39. The highest BCUT2D eigenvalue weighted by atomic mass is 16.2. The summed E-state index contributed by atoms with van der Waals surface area (Å²) in [5, 5.41) is 0. The number of pyridine rings is 1. The predicted octanol–water partition coefficient (Wildman–Crippen LogP) is 1.31. The van der Waals surface area contributed by atoms with Crippen molar-refractivity contribution in [3.05, 3.63) is 29.6 Å². The first-order valence-electron chi connectivity index (χ1n) is 6.31. The van der Waals surface area contributed by atoms with E-state index in [-0.39, 0.29) is 5.91 Å². The van der Waals surface area contributed by atoms with Crippen molar-refractivity contribution in [3.8, 4) is 0 Å². The van der Waals surface area contributed by atoms with E-state index in [1.165, 1.54) is 19.3 Å². The molecule has 1 aromatic rings. The first kappa shape index (κ1) is 14.6. The molecule has 1 aromatic heterocycles. The van der Waals surface area contributed by atoms with E-state index in [4.69, 9.17) is 5.84 Å². The van der Waals surface area contributed by atoms with Gasteiger partial charge in [-0.3, -0.25) is 15.2 Å². The third-order valence-corrected chi connectivity index (χ3v) is 2.79. The molecule has 3 N–H and O–H groups in total. The predicted molar refractivity (Wildman–Crippen MR) is 71.7 cm³/mol. The second-order valence-electron chi connectivity index (χ2n) is 4.46. The van der Waals surface area contributed by atoms with Gasteiger partial charge in [-0.25, -0.2) is 5.84 Å². The van der Waals surface area contributed by atoms with Crippen molar-refractivity contribution in [3.63, 3.8) is 0 Å². The van der Waals surface area contributed by atoms with Crippen LogP contribution in [0.3, 0.4) is 0 Å². The number of rotatable bonds is 7. The van der Waals surface area contributed by atoms with Crippen LogP contribution in [-0.2, 0) is 6.54 Å². The van der Waals surface area contributed by atoms with Gasteiger partial charge in [-0.1, -0.05) is 19.8 Å². The number of hydrogen-bond donors (Lipinski definition) is 2. The van der Waals surface area contributed by atoms with Crippen molar-refractivity contribution in [2.75, 3.05) is 13.6 Å². The van der Waals surface area contributed by atoms with Gasteiger partial charge in [0.05, 0.1) is 11.3 Å². The maximum atomic E-state index is 11.2. The molecular weight excluding hydrogens is 228 g/mol. The van der Waals surface area contributed by atoms with Crippen LogP contribution < -0.4 is 11.3 Å². The van der Waals surface area contributed by atoms with Gasteiger partial charge in [-0.15, -0.1) is 0 Å². The summed E-state index contributed by atoms with van der Waals surface area (Å²) in [6.45, 7) is 4.07. The third kappa shape index (κ3) is 4.81. The van der Waals surface area contributed by atoms with Crippen molar-refractivity contribution >= 4 is 5.91 Å². The first-order chi connectivity index (χ1) is 8.67. The molecule has 1 amide bonds. The Balaban J connectivity index is 2.45. The van der Waals surface area contributed by atoms with E-state index in [1.807, 2.05) is 6.07 Å². The van der Waals surface area contributed by atoms with Crippen LogP contribution >= 0.6 is 0 Å². The molecule has 0 saturated heterocycles. The molecule has 100 valence electrons. The van der Waals surface area contributed by atoms with Crippen LogP contribution in [0.15, 0.2) is 18.3 Å².